The van der Waals surface area contributed by atoms with Crippen LogP contribution in [0.2, 0.25) is 10.0 Å². The quantitative estimate of drug-likeness (QED) is 0.635. The second kappa shape index (κ2) is 7.70. The Kier molecular flexibility index (Phi) is 5.27. The van der Waals surface area contributed by atoms with Crippen molar-refractivity contribution in [1.29, 1.82) is 0 Å². The highest BCUT2D eigenvalue weighted by Crippen LogP contribution is 2.43. The molecule has 0 bridgehead atoms. The van der Waals surface area contributed by atoms with Gasteiger partial charge in [0.25, 0.3) is 5.91 Å². The molecule has 28 heavy (non-hydrogen) atoms. The fourth-order valence-corrected chi connectivity index (χ4v) is 5.26. The number of methoxy groups -OCH3 is 1. The Morgan fingerprint density at radius 3 is 2.46 bits per heavy atom. The van der Waals surface area contributed by atoms with Crippen LogP contribution >= 0.6 is 34.5 Å². The topological polar surface area (TPSA) is 53.0 Å². The molecule has 1 aliphatic heterocycles. The smallest absolute Gasteiger partial charge is 0.265 e. The number of benzene rings is 2. The lowest BCUT2D eigenvalue weighted by Gasteiger charge is -2.36. The van der Waals surface area contributed by atoms with Crippen molar-refractivity contribution in [3.05, 3.63) is 51.3 Å². The van der Waals surface area contributed by atoms with Gasteiger partial charge in [-0.25, -0.2) is 0 Å². The lowest BCUT2D eigenvalue weighted by atomic mass is 10.2. The second-order valence-electron chi connectivity index (χ2n) is 6.47. The number of carbonyl (C=O) groups is 1. The number of halogens is 2. The van der Waals surface area contributed by atoms with Crippen molar-refractivity contribution in [3.63, 3.8) is 0 Å². The van der Waals surface area contributed by atoms with Crippen LogP contribution in [0.1, 0.15) is 9.67 Å². The summed E-state index contributed by atoms with van der Waals surface area (Å²) in [5.41, 5.74) is 0.786. The second-order valence-corrected chi connectivity index (χ2v) is 8.25. The van der Waals surface area contributed by atoms with E-state index >= 15 is 0 Å². The molecule has 0 spiro atoms. The Hall–Kier alpha value is -2.15. The Balaban J connectivity index is 1.55. The van der Waals surface area contributed by atoms with E-state index in [1.165, 1.54) is 11.3 Å². The van der Waals surface area contributed by atoms with Gasteiger partial charge in [0.2, 0.25) is 0 Å². The van der Waals surface area contributed by atoms with Gasteiger partial charge in [0, 0.05) is 31.6 Å². The third-order valence-electron chi connectivity index (χ3n) is 4.91. The van der Waals surface area contributed by atoms with Crippen LogP contribution in [0.15, 0.2) is 36.4 Å². The monoisotopic (exact) mass is 436 g/mol. The van der Waals surface area contributed by atoms with Crippen molar-refractivity contribution in [2.75, 3.05) is 38.2 Å². The zero-order valence-electron chi connectivity index (χ0n) is 15.1. The number of hydrogen-bond donors (Lipinski definition) is 1. The summed E-state index contributed by atoms with van der Waals surface area (Å²) < 4.78 is 6.00. The van der Waals surface area contributed by atoms with Gasteiger partial charge in [0.15, 0.2) is 0 Å². The molecule has 0 radical (unpaired) electrons. The van der Waals surface area contributed by atoms with E-state index in [4.69, 9.17) is 27.9 Å². The minimum absolute atomic E-state index is 0.0989. The summed E-state index contributed by atoms with van der Waals surface area (Å²) in [6.45, 7) is 2.38. The molecule has 5 nitrogen and oxygen atoms in total. The first-order valence-corrected chi connectivity index (χ1v) is 10.3. The molecular formula is C20H18Cl2N2O3S. The van der Waals surface area contributed by atoms with Crippen molar-refractivity contribution in [2.24, 2.45) is 0 Å². The Morgan fingerprint density at radius 2 is 1.79 bits per heavy atom. The van der Waals surface area contributed by atoms with Crippen LogP contribution in [-0.2, 0) is 0 Å². The number of nitrogens with zero attached hydrogens (tertiary/aromatic N) is 2. The molecule has 2 heterocycles. The minimum Gasteiger partial charge on any atom is -0.506 e. The number of aromatic hydroxyl groups is 1. The number of fused-ring (bicyclic) bond motifs is 1. The molecule has 0 saturated carbocycles. The Bertz CT molecular complexity index is 1050. The van der Waals surface area contributed by atoms with Gasteiger partial charge in [0.05, 0.1) is 22.5 Å². The van der Waals surface area contributed by atoms with Gasteiger partial charge in [-0.1, -0.05) is 35.3 Å². The predicted octanol–water partition coefficient (Wildman–Crippen LogP) is 4.88. The first-order chi connectivity index (χ1) is 13.5. The third kappa shape index (κ3) is 3.26. The molecule has 1 aromatic heterocycles. The normalized spacial score (nSPS) is 14.5. The number of amides is 1. The molecule has 146 valence electrons. The number of phenolic OH excluding ortho intramolecular Hbond substituents is 1. The molecule has 4 rings (SSSR count). The van der Waals surface area contributed by atoms with Crippen LogP contribution < -0.4 is 9.64 Å². The number of rotatable bonds is 3. The van der Waals surface area contributed by atoms with E-state index in [0.717, 1.165) is 15.8 Å². The highest BCUT2D eigenvalue weighted by atomic mass is 35.5. The molecular weight excluding hydrogens is 419 g/mol. The fraction of sp³-hybridized carbons (Fsp3) is 0.250. The average molecular weight is 437 g/mol. The molecule has 8 heteroatoms. The van der Waals surface area contributed by atoms with Crippen LogP contribution in [0.5, 0.6) is 11.5 Å². The van der Waals surface area contributed by atoms with Crippen molar-refractivity contribution >= 4 is 56.2 Å². The van der Waals surface area contributed by atoms with Crippen LogP contribution in [0.3, 0.4) is 0 Å². The van der Waals surface area contributed by atoms with Gasteiger partial charge >= 0.3 is 0 Å². The number of hydrogen-bond acceptors (Lipinski definition) is 5. The first-order valence-electron chi connectivity index (χ1n) is 8.78. The minimum atomic E-state index is -0.0989. The van der Waals surface area contributed by atoms with Gasteiger partial charge in [-0.3, -0.25) is 4.79 Å². The zero-order chi connectivity index (χ0) is 19.8. The van der Waals surface area contributed by atoms with E-state index in [1.54, 1.807) is 30.2 Å². The third-order valence-corrected chi connectivity index (χ3v) is 7.11. The molecule has 2 aromatic carbocycles. The molecule has 1 aliphatic rings. The SMILES string of the molecule is COc1ccc2c(Cl)c(C(=O)N3CCN(c4ccccc4O)CC3)sc2c1Cl. The summed E-state index contributed by atoms with van der Waals surface area (Å²) in [4.78, 5) is 17.4. The number of thiophene rings is 1. The maximum atomic E-state index is 13.1. The van der Waals surface area contributed by atoms with Crippen molar-refractivity contribution < 1.29 is 14.6 Å². The van der Waals surface area contributed by atoms with Gasteiger partial charge in [-0.2, -0.15) is 0 Å². The molecule has 0 aliphatic carbocycles. The van der Waals surface area contributed by atoms with Crippen LogP contribution in [0, 0.1) is 0 Å². The molecule has 1 amide bonds. The average Bonchev–Trinajstić information content (AvgIpc) is 3.06. The van der Waals surface area contributed by atoms with E-state index in [-0.39, 0.29) is 11.7 Å². The number of phenols is 1. The van der Waals surface area contributed by atoms with E-state index in [0.29, 0.717) is 46.9 Å². The summed E-state index contributed by atoms with van der Waals surface area (Å²) in [6, 6.07) is 10.8. The molecule has 1 N–H and O–H groups in total. The fourth-order valence-electron chi connectivity index (χ4n) is 3.40. The lowest BCUT2D eigenvalue weighted by molar-refractivity contribution is 0.0752. The highest BCUT2D eigenvalue weighted by Gasteiger charge is 2.27. The predicted molar refractivity (Wildman–Crippen MR) is 115 cm³/mol. The summed E-state index contributed by atoms with van der Waals surface area (Å²) in [7, 11) is 1.55. The van der Waals surface area contributed by atoms with Crippen molar-refractivity contribution in [2.45, 2.75) is 0 Å². The largest absolute Gasteiger partial charge is 0.506 e. The zero-order valence-corrected chi connectivity index (χ0v) is 17.4. The number of para-hydroxylation sites is 2. The maximum absolute atomic E-state index is 13.1. The molecule has 0 atom stereocenters. The Morgan fingerprint density at radius 1 is 1.07 bits per heavy atom. The number of anilines is 1. The van der Waals surface area contributed by atoms with Crippen LogP contribution in [0.4, 0.5) is 5.69 Å². The lowest BCUT2D eigenvalue weighted by Crippen LogP contribution is -2.48. The standard InChI is InChI=1S/C20H18Cl2N2O3S/c1-27-15-7-6-12-16(21)19(28-18(12)17(15)22)20(26)24-10-8-23(9-11-24)13-4-2-3-5-14(13)25/h2-7,25H,8-11H2,1H3. The molecule has 0 unspecified atom stereocenters. The number of ether oxygens (including phenoxy) is 1. The molecule has 1 saturated heterocycles. The summed E-state index contributed by atoms with van der Waals surface area (Å²) in [5.74, 6) is 0.707. The molecule has 1 fully saturated rings. The Labute approximate surface area is 176 Å². The van der Waals surface area contributed by atoms with Gasteiger partial charge < -0.3 is 19.6 Å². The van der Waals surface area contributed by atoms with Crippen LogP contribution in [0.25, 0.3) is 10.1 Å². The van der Waals surface area contributed by atoms with Crippen LogP contribution in [-0.4, -0.2) is 49.2 Å². The van der Waals surface area contributed by atoms with Gasteiger partial charge in [0.1, 0.15) is 21.4 Å². The van der Waals surface area contributed by atoms with E-state index < -0.39 is 0 Å². The number of carbonyl (C=O) groups excluding carboxylic acids is 1. The van der Waals surface area contributed by atoms with E-state index in [1.807, 2.05) is 18.2 Å². The van der Waals surface area contributed by atoms with E-state index in [2.05, 4.69) is 4.90 Å². The summed E-state index contributed by atoms with van der Waals surface area (Å²) in [6.07, 6.45) is 0. The maximum Gasteiger partial charge on any atom is 0.265 e. The number of piperazine rings is 1. The van der Waals surface area contributed by atoms with Gasteiger partial charge in [-0.15, -0.1) is 11.3 Å². The summed E-state index contributed by atoms with van der Waals surface area (Å²) in [5, 5.41) is 11.7. The van der Waals surface area contributed by atoms with Crippen molar-refractivity contribution in [3.8, 4) is 11.5 Å². The van der Waals surface area contributed by atoms with Crippen molar-refractivity contribution in [1.82, 2.24) is 4.90 Å². The first kappa shape index (κ1) is 19.2. The highest BCUT2D eigenvalue weighted by molar-refractivity contribution is 7.22. The van der Waals surface area contributed by atoms with E-state index in [9.17, 15) is 9.90 Å². The molecule has 3 aromatic rings. The van der Waals surface area contributed by atoms with Gasteiger partial charge in [-0.05, 0) is 24.3 Å². The summed E-state index contributed by atoms with van der Waals surface area (Å²) >= 11 is 14.2.